The Labute approximate surface area is 190 Å². The third kappa shape index (κ3) is 6.33. The summed E-state index contributed by atoms with van der Waals surface area (Å²) in [7, 11) is 0. The quantitative estimate of drug-likeness (QED) is 0.386. The van der Waals surface area contributed by atoms with Crippen molar-refractivity contribution < 1.29 is 23.9 Å². The summed E-state index contributed by atoms with van der Waals surface area (Å²) in [5.41, 5.74) is 2.28. The molecule has 164 valence electrons. The molecule has 8 heteroatoms. The third-order valence-corrected chi connectivity index (χ3v) is 4.69. The molecule has 0 heterocycles. The van der Waals surface area contributed by atoms with Crippen molar-refractivity contribution >= 4 is 35.3 Å². The van der Waals surface area contributed by atoms with Crippen LogP contribution < -0.4 is 15.4 Å². The van der Waals surface area contributed by atoms with Gasteiger partial charge >= 0.3 is 6.16 Å². The molecule has 2 amide bonds. The van der Waals surface area contributed by atoms with Crippen LogP contribution in [0.5, 0.6) is 5.75 Å². The number of carbonyl (C=O) groups excluding carboxylic acids is 3. The number of amides is 2. The Balaban J connectivity index is 1.52. The second-order valence-electron chi connectivity index (χ2n) is 6.62. The maximum absolute atomic E-state index is 12.4. The van der Waals surface area contributed by atoms with E-state index in [9.17, 15) is 14.4 Å². The molecule has 0 spiro atoms. The summed E-state index contributed by atoms with van der Waals surface area (Å²) >= 11 is 6.04. The first kappa shape index (κ1) is 22.8. The summed E-state index contributed by atoms with van der Waals surface area (Å²) in [4.78, 5) is 36.0. The fourth-order valence-electron chi connectivity index (χ4n) is 2.75. The first-order valence-corrected chi connectivity index (χ1v) is 10.2. The van der Waals surface area contributed by atoms with Gasteiger partial charge in [0.1, 0.15) is 5.75 Å². The zero-order valence-corrected chi connectivity index (χ0v) is 18.0. The van der Waals surface area contributed by atoms with Gasteiger partial charge in [-0.1, -0.05) is 35.9 Å². The standard InChI is InChI=1S/C24H21ClN2O5/c1-2-31-24(30)32-19-13-9-17(10-14-19)22(28)27-18-11-7-16(8-12-18)15-26-23(29)20-5-3-4-6-21(20)25/h3-14H,2,15H2,1H3,(H,26,29)(H,27,28). The molecule has 0 atom stereocenters. The van der Waals surface area contributed by atoms with E-state index in [0.29, 0.717) is 28.4 Å². The first-order valence-electron chi connectivity index (χ1n) is 9.84. The molecular weight excluding hydrogens is 432 g/mol. The van der Waals surface area contributed by atoms with E-state index >= 15 is 0 Å². The summed E-state index contributed by atoms with van der Waals surface area (Å²) in [6.07, 6.45) is -0.798. The molecule has 0 aliphatic rings. The molecule has 0 saturated carbocycles. The van der Waals surface area contributed by atoms with E-state index in [1.807, 2.05) is 0 Å². The smallest absolute Gasteiger partial charge is 0.434 e. The lowest BCUT2D eigenvalue weighted by molar-refractivity contribution is 0.0949. The molecule has 32 heavy (non-hydrogen) atoms. The number of halogens is 1. The largest absolute Gasteiger partial charge is 0.513 e. The number of nitrogens with one attached hydrogen (secondary N) is 2. The van der Waals surface area contributed by atoms with Gasteiger partial charge in [-0.15, -0.1) is 0 Å². The van der Waals surface area contributed by atoms with Crippen LogP contribution in [0.2, 0.25) is 5.02 Å². The summed E-state index contributed by atoms with van der Waals surface area (Å²) in [6.45, 7) is 2.21. The molecule has 3 rings (SSSR count). The molecule has 3 aromatic carbocycles. The lowest BCUT2D eigenvalue weighted by Crippen LogP contribution is -2.23. The second-order valence-corrected chi connectivity index (χ2v) is 7.03. The fraction of sp³-hybridized carbons (Fsp3) is 0.125. The van der Waals surface area contributed by atoms with Crippen LogP contribution in [0.25, 0.3) is 0 Å². The van der Waals surface area contributed by atoms with E-state index in [2.05, 4.69) is 10.6 Å². The van der Waals surface area contributed by atoms with Crippen molar-refractivity contribution in [1.29, 1.82) is 0 Å². The predicted octanol–water partition coefficient (Wildman–Crippen LogP) is 5.06. The Hall–Kier alpha value is -3.84. The van der Waals surface area contributed by atoms with Crippen molar-refractivity contribution in [2.45, 2.75) is 13.5 Å². The molecule has 0 fully saturated rings. The van der Waals surface area contributed by atoms with Crippen LogP contribution in [0.15, 0.2) is 72.8 Å². The zero-order valence-electron chi connectivity index (χ0n) is 17.3. The molecule has 0 radical (unpaired) electrons. The number of hydrogen-bond acceptors (Lipinski definition) is 5. The van der Waals surface area contributed by atoms with Crippen LogP contribution >= 0.6 is 11.6 Å². The van der Waals surface area contributed by atoms with Gasteiger partial charge in [0.05, 0.1) is 17.2 Å². The highest BCUT2D eigenvalue weighted by Gasteiger charge is 2.10. The second kappa shape index (κ2) is 11.0. The Morgan fingerprint density at radius 3 is 2.22 bits per heavy atom. The van der Waals surface area contributed by atoms with Crippen molar-refractivity contribution in [2.24, 2.45) is 0 Å². The van der Waals surface area contributed by atoms with Gasteiger partial charge in [-0.25, -0.2) is 4.79 Å². The zero-order chi connectivity index (χ0) is 22.9. The SMILES string of the molecule is CCOC(=O)Oc1ccc(C(=O)Nc2ccc(CNC(=O)c3ccccc3Cl)cc2)cc1. The van der Waals surface area contributed by atoms with E-state index < -0.39 is 6.16 Å². The van der Waals surface area contributed by atoms with Gasteiger partial charge in [-0.3, -0.25) is 9.59 Å². The number of anilines is 1. The van der Waals surface area contributed by atoms with Crippen molar-refractivity contribution in [3.8, 4) is 5.75 Å². The lowest BCUT2D eigenvalue weighted by atomic mass is 10.1. The lowest BCUT2D eigenvalue weighted by Gasteiger charge is -2.09. The topological polar surface area (TPSA) is 93.7 Å². The molecule has 0 aliphatic heterocycles. The van der Waals surface area contributed by atoms with E-state index in [1.165, 1.54) is 12.1 Å². The molecule has 0 unspecified atom stereocenters. The highest BCUT2D eigenvalue weighted by molar-refractivity contribution is 6.33. The van der Waals surface area contributed by atoms with E-state index in [0.717, 1.165) is 5.56 Å². The molecule has 0 aromatic heterocycles. The number of carbonyl (C=O) groups is 3. The molecular formula is C24H21ClN2O5. The van der Waals surface area contributed by atoms with E-state index in [4.69, 9.17) is 21.1 Å². The monoisotopic (exact) mass is 452 g/mol. The van der Waals surface area contributed by atoms with Crippen LogP contribution in [-0.4, -0.2) is 24.6 Å². The maximum Gasteiger partial charge on any atom is 0.513 e. The average Bonchev–Trinajstić information content (AvgIpc) is 2.79. The highest BCUT2D eigenvalue weighted by atomic mass is 35.5. The van der Waals surface area contributed by atoms with Gasteiger partial charge < -0.3 is 20.1 Å². The van der Waals surface area contributed by atoms with Crippen molar-refractivity contribution in [3.63, 3.8) is 0 Å². The van der Waals surface area contributed by atoms with Crippen LogP contribution in [0, 0.1) is 0 Å². The van der Waals surface area contributed by atoms with Gasteiger partial charge in [0.25, 0.3) is 11.8 Å². The van der Waals surface area contributed by atoms with Crippen molar-refractivity contribution in [2.75, 3.05) is 11.9 Å². The number of ether oxygens (including phenoxy) is 2. The fourth-order valence-corrected chi connectivity index (χ4v) is 2.97. The van der Waals surface area contributed by atoms with Crippen LogP contribution in [0.1, 0.15) is 33.2 Å². The van der Waals surface area contributed by atoms with Gasteiger partial charge in [0.15, 0.2) is 0 Å². The molecule has 0 saturated heterocycles. The van der Waals surface area contributed by atoms with E-state index in [1.54, 1.807) is 67.6 Å². The Kier molecular flexibility index (Phi) is 7.83. The van der Waals surface area contributed by atoms with Crippen LogP contribution in [-0.2, 0) is 11.3 Å². The van der Waals surface area contributed by atoms with Gasteiger partial charge in [0.2, 0.25) is 0 Å². The average molecular weight is 453 g/mol. The van der Waals surface area contributed by atoms with E-state index in [-0.39, 0.29) is 24.2 Å². The van der Waals surface area contributed by atoms with Gasteiger partial charge in [-0.2, -0.15) is 0 Å². The maximum atomic E-state index is 12.4. The Morgan fingerprint density at radius 1 is 0.875 bits per heavy atom. The van der Waals surface area contributed by atoms with Crippen LogP contribution in [0.3, 0.4) is 0 Å². The van der Waals surface area contributed by atoms with Gasteiger partial charge in [0, 0.05) is 17.8 Å². The van der Waals surface area contributed by atoms with Crippen LogP contribution in [0.4, 0.5) is 10.5 Å². The Morgan fingerprint density at radius 2 is 1.56 bits per heavy atom. The summed E-state index contributed by atoms with van der Waals surface area (Å²) in [5, 5.41) is 5.99. The normalized spacial score (nSPS) is 10.2. The minimum atomic E-state index is -0.798. The number of rotatable bonds is 7. The minimum Gasteiger partial charge on any atom is -0.434 e. The van der Waals surface area contributed by atoms with Crippen molar-refractivity contribution in [3.05, 3.63) is 94.5 Å². The minimum absolute atomic E-state index is 0.214. The molecule has 7 nitrogen and oxygen atoms in total. The van der Waals surface area contributed by atoms with Crippen molar-refractivity contribution in [1.82, 2.24) is 5.32 Å². The first-order chi connectivity index (χ1) is 15.5. The highest BCUT2D eigenvalue weighted by Crippen LogP contribution is 2.17. The molecule has 3 aromatic rings. The Bertz CT molecular complexity index is 1100. The molecule has 0 bridgehead atoms. The summed E-state index contributed by atoms with van der Waals surface area (Å²) < 4.78 is 9.67. The summed E-state index contributed by atoms with van der Waals surface area (Å²) in [5.74, 6) is -0.293. The summed E-state index contributed by atoms with van der Waals surface area (Å²) in [6, 6.07) is 20.0. The molecule has 2 N–H and O–H groups in total. The predicted molar refractivity (Wildman–Crippen MR) is 121 cm³/mol. The number of hydrogen-bond donors (Lipinski definition) is 2. The van der Waals surface area contributed by atoms with Gasteiger partial charge in [-0.05, 0) is 61.0 Å². The third-order valence-electron chi connectivity index (χ3n) is 4.36. The number of benzene rings is 3. The molecule has 0 aliphatic carbocycles.